The minimum Gasteiger partial charge on any atom is -0.444 e. The highest BCUT2D eigenvalue weighted by atomic mass is 16.4. The van der Waals surface area contributed by atoms with Crippen molar-refractivity contribution in [1.82, 2.24) is 15.2 Å². The number of aryl methyl sites for hydroxylation is 2. The van der Waals surface area contributed by atoms with Gasteiger partial charge in [0.1, 0.15) is 5.76 Å². The van der Waals surface area contributed by atoms with Gasteiger partial charge in [-0.05, 0) is 27.2 Å². The maximum Gasteiger partial charge on any atom is 0.208 e. The molecule has 0 radical (unpaired) electrons. The molecule has 18 heavy (non-hydrogen) atoms. The summed E-state index contributed by atoms with van der Waals surface area (Å²) in [5.74, 6) is 1.80. The van der Waals surface area contributed by atoms with Crippen LogP contribution in [0.15, 0.2) is 4.42 Å². The average molecular weight is 251 g/mol. The molecule has 4 heteroatoms. The molecule has 1 fully saturated rings. The van der Waals surface area contributed by atoms with Gasteiger partial charge in [0.15, 0.2) is 0 Å². The van der Waals surface area contributed by atoms with Crippen LogP contribution in [-0.4, -0.2) is 35.1 Å². The van der Waals surface area contributed by atoms with E-state index in [1.165, 1.54) is 12.8 Å². The molecule has 0 bridgehead atoms. The van der Waals surface area contributed by atoms with Crippen molar-refractivity contribution in [3.05, 3.63) is 17.3 Å². The van der Waals surface area contributed by atoms with Crippen LogP contribution >= 0.6 is 0 Å². The molecule has 1 N–H and O–H groups in total. The largest absolute Gasteiger partial charge is 0.444 e. The fourth-order valence-electron chi connectivity index (χ4n) is 2.54. The lowest BCUT2D eigenvalue weighted by molar-refractivity contribution is 0.118. The number of aromatic nitrogens is 1. The molecular formula is C14H25N3O. The van der Waals surface area contributed by atoms with Gasteiger partial charge in [-0.15, -0.1) is 0 Å². The Labute approximate surface area is 110 Å². The van der Waals surface area contributed by atoms with Crippen molar-refractivity contribution in [1.29, 1.82) is 0 Å². The first-order valence-electron chi connectivity index (χ1n) is 7.00. The van der Waals surface area contributed by atoms with E-state index in [1.807, 2.05) is 13.8 Å². The SMILES string of the molecule is CCCC1CN(Cc2nc(C)c(C)o2)C(C)CN1. The Morgan fingerprint density at radius 2 is 2.22 bits per heavy atom. The Hall–Kier alpha value is -0.870. The zero-order valence-corrected chi connectivity index (χ0v) is 12.0. The second kappa shape index (κ2) is 5.85. The topological polar surface area (TPSA) is 41.3 Å². The Kier molecular flexibility index (Phi) is 4.40. The van der Waals surface area contributed by atoms with Crippen LogP contribution in [0.5, 0.6) is 0 Å². The first-order chi connectivity index (χ1) is 8.60. The summed E-state index contributed by atoms with van der Waals surface area (Å²) in [5, 5.41) is 3.61. The Bertz CT molecular complexity index is 369. The molecule has 4 nitrogen and oxygen atoms in total. The van der Waals surface area contributed by atoms with Crippen LogP contribution in [0.2, 0.25) is 0 Å². The fourth-order valence-corrected chi connectivity index (χ4v) is 2.54. The Morgan fingerprint density at radius 1 is 1.44 bits per heavy atom. The van der Waals surface area contributed by atoms with Crippen LogP contribution in [0.25, 0.3) is 0 Å². The quantitative estimate of drug-likeness (QED) is 0.891. The second-order valence-electron chi connectivity index (χ2n) is 5.42. The fraction of sp³-hybridized carbons (Fsp3) is 0.786. The third kappa shape index (κ3) is 3.12. The number of rotatable bonds is 4. The van der Waals surface area contributed by atoms with Crippen molar-refractivity contribution in [2.75, 3.05) is 13.1 Å². The molecule has 1 aliphatic rings. The molecule has 0 aliphatic carbocycles. The summed E-state index contributed by atoms with van der Waals surface area (Å²) < 4.78 is 5.69. The van der Waals surface area contributed by atoms with E-state index in [1.54, 1.807) is 0 Å². The maximum atomic E-state index is 5.69. The van der Waals surface area contributed by atoms with Gasteiger partial charge in [-0.1, -0.05) is 13.3 Å². The van der Waals surface area contributed by atoms with Crippen molar-refractivity contribution in [2.45, 2.75) is 59.2 Å². The number of piperazine rings is 1. The molecule has 2 heterocycles. The molecule has 2 rings (SSSR count). The van der Waals surface area contributed by atoms with Gasteiger partial charge < -0.3 is 9.73 Å². The van der Waals surface area contributed by atoms with E-state index in [-0.39, 0.29) is 0 Å². The molecule has 1 aliphatic heterocycles. The zero-order chi connectivity index (χ0) is 13.1. The molecule has 2 unspecified atom stereocenters. The van der Waals surface area contributed by atoms with E-state index in [9.17, 15) is 0 Å². The van der Waals surface area contributed by atoms with E-state index in [4.69, 9.17) is 4.42 Å². The maximum absolute atomic E-state index is 5.69. The van der Waals surface area contributed by atoms with Crippen molar-refractivity contribution in [3.63, 3.8) is 0 Å². The van der Waals surface area contributed by atoms with Crippen LogP contribution in [0.3, 0.4) is 0 Å². The number of hydrogen-bond donors (Lipinski definition) is 1. The van der Waals surface area contributed by atoms with Crippen LogP contribution < -0.4 is 5.32 Å². The summed E-state index contributed by atoms with van der Waals surface area (Å²) >= 11 is 0. The van der Waals surface area contributed by atoms with Crippen LogP contribution in [-0.2, 0) is 6.54 Å². The number of hydrogen-bond acceptors (Lipinski definition) is 4. The molecule has 102 valence electrons. The highest BCUT2D eigenvalue weighted by Crippen LogP contribution is 2.16. The summed E-state index contributed by atoms with van der Waals surface area (Å²) in [6.07, 6.45) is 2.48. The predicted molar refractivity (Wildman–Crippen MR) is 72.5 cm³/mol. The molecule has 0 saturated carbocycles. The van der Waals surface area contributed by atoms with E-state index in [2.05, 4.69) is 29.0 Å². The Morgan fingerprint density at radius 3 is 2.83 bits per heavy atom. The van der Waals surface area contributed by atoms with Gasteiger partial charge in [-0.25, -0.2) is 4.98 Å². The molecule has 2 atom stereocenters. The van der Waals surface area contributed by atoms with Gasteiger partial charge in [-0.2, -0.15) is 0 Å². The molecule has 1 aromatic heterocycles. The van der Waals surface area contributed by atoms with Crippen LogP contribution in [0.1, 0.15) is 44.0 Å². The molecular weight excluding hydrogens is 226 g/mol. The van der Waals surface area contributed by atoms with Gasteiger partial charge in [0.2, 0.25) is 5.89 Å². The molecule has 1 aromatic rings. The number of oxazole rings is 1. The van der Waals surface area contributed by atoms with Gasteiger partial charge in [0.25, 0.3) is 0 Å². The van der Waals surface area contributed by atoms with E-state index >= 15 is 0 Å². The molecule has 0 amide bonds. The first kappa shape index (κ1) is 13.6. The minimum absolute atomic E-state index is 0.547. The second-order valence-corrected chi connectivity index (χ2v) is 5.42. The van der Waals surface area contributed by atoms with Gasteiger partial charge >= 0.3 is 0 Å². The highest BCUT2D eigenvalue weighted by molar-refractivity contribution is 5.05. The van der Waals surface area contributed by atoms with E-state index in [0.29, 0.717) is 12.1 Å². The van der Waals surface area contributed by atoms with Crippen molar-refractivity contribution in [2.24, 2.45) is 0 Å². The van der Waals surface area contributed by atoms with Crippen LogP contribution in [0.4, 0.5) is 0 Å². The van der Waals surface area contributed by atoms with E-state index < -0.39 is 0 Å². The Balaban J connectivity index is 1.97. The lowest BCUT2D eigenvalue weighted by Gasteiger charge is -2.38. The zero-order valence-electron chi connectivity index (χ0n) is 12.0. The summed E-state index contributed by atoms with van der Waals surface area (Å²) in [5.41, 5.74) is 1.01. The average Bonchev–Trinajstić information content (AvgIpc) is 2.63. The standard InChI is InChI=1S/C14H25N3O/c1-5-6-13-8-17(10(2)7-15-13)9-14-16-11(3)12(4)18-14/h10,13,15H,5-9H2,1-4H3. The van der Waals surface area contributed by atoms with Gasteiger partial charge in [-0.3, -0.25) is 4.90 Å². The number of nitrogens with one attached hydrogen (secondary N) is 1. The first-order valence-corrected chi connectivity index (χ1v) is 7.00. The van der Waals surface area contributed by atoms with Crippen molar-refractivity contribution < 1.29 is 4.42 Å². The molecule has 1 saturated heterocycles. The monoisotopic (exact) mass is 251 g/mol. The van der Waals surface area contributed by atoms with Gasteiger partial charge in [0, 0.05) is 25.2 Å². The summed E-state index contributed by atoms with van der Waals surface area (Å²) in [7, 11) is 0. The lowest BCUT2D eigenvalue weighted by Crippen LogP contribution is -2.54. The van der Waals surface area contributed by atoms with Crippen molar-refractivity contribution in [3.8, 4) is 0 Å². The van der Waals surface area contributed by atoms with E-state index in [0.717, 1.165) is 37.0 Å². The smallest absolute Gasteiger partial charge is 0.208 e. The highest BCUT2D eigenvalue weighted by Gasteiger charge is 2.25. The third-order valence-corrected chi connectivity index (χ3v) is 3.83. The predicted octanol–water partition coefficient (Wildman–Crippen LogP) is 2.25. The normalized spacial score (nSPS) is 25.6. The summed E-state index contributed by atoms with van der Waals surface area (Å²) in [6, 6.07) is 1.16. The summed E-state index contributed by atoms with van der Waals surface area (Å²) in [6.45, 7) is 11.5. The molecule has 0 aromatic carbocycles. The van der Waals surface area contributed by atoms with Crippen molar-refractivity contribution >= 4 is 0 Å². The lowest BCUT2D eigenvalue weighted by atomic mass is 10.1. The molecule has 0 spiro atoms. The van der Waals surface area contributed by atoms with Crippen LogP contribution in [0, 0.1) is 13.8 Å². The van der Waals surface area contributed by atoms with Gasteiger partial charge in [0.05, 0.1) is 12.2 Å². The summed E-state index contributed by atoms with van der Waals surface area (Å²) in [4.78, 5) is 6.95. The minimum atomic E-state index is 0.547. The number of nitrogens with zero attached hydrogens (tertiary/aromatic N) is 2. The third-order valence-electron chi connectivity index (χ3n) is 3.83.